The van der Waals surface area contributed by atoms with Crippen LogP contribution in [0.4, 0.5) is 0 Å². The molecule has 0 aliphatic carbocycles. The van der Waals surface area contributed by atoms with E-state index in [1.807, 2.05) is 18.2 Å². The summed E-state index contributed by atoms with van der Waals surface area (Å²) in [4.78, 5) is 25.3. The highest BCUT2D eigenvalue weighted by molar-refractivity contribution is 6.32. The third kappa shape index (κ3) is 2.12. The monoisotopic (exact) mass is 342 g/mol. The number of carbonyl (C=O) groups is 2. The van der Waals surface area contributed by atoms with E-state index >= 15 is 0 Å². The number of carbonyl (C=O) groups excluding carboxylic acids is 2. The summed E-state index contributed by atoms with van der Waals surface area (Å²) in [6, 6.07) is 9.08. The fourth-order valence-corrected chi connectivity index (χ4v) is 3.51. The lowest BCUT2D eigenvalue weighted by molar-refractivity contribution is 0.0693. The summed E-state index contributed by atoms with van der Waals surface area (Å²) in [5, 5.41) is 0.526. The van der Waals surface area contributed by atoms with Crippen LogP contribution in [0.5, 0.6) is 5.75 Å². The van der Waals surface area contributed by atoms with Gasteiger partial charge in [0, 0.05) is 25.6 Å². The van der Waals surface area contributed by atoms with Gasteiger partial charge in [-0.2, -0.15) is 0 Å². The average Bonchev–Trinajstić information content (AvgIpc) is 3.11. The Balaban J connectivity index is 1.78. The molecule has 0 fully saturated rings. The third-order valence-electron chi connectivity index (χ3n) is 4.54. The van der Waals surface area contributed by atoms with Crippen molar-refractivity contribution in [2.24, 2.45) is 5.73 Å². The number of rotatable bonds is 2. The van der Waals surface area contributed by atoms with Crippen LogP contribution in [0.15, 0.2) is 30.3 Å². The minimum atomic E-state index is -0.282. The molecule has 2 aliphatic rings. The number of nitrogens with zero attached hydrogens (tertiary/aromatic N) is 1. The molecule has 6 heteroatoms. The summed E-state index contributed by atoms with van der Waals surface area (Å²) in [5.41, 5.74) is 9.27. The molecule has 4 rings (SSSR count). The molecular weight excluding hydrogens is 328 g/mol. The van der Waals surface area contributed by atoms with Crippen molar-refractivity contribution in [1.82, 2.24) is 4.90 Å². The van der Waals surface area contributed by atoms with Crippen molar-refractivity contribution in [1.29, 1.82) is 0 Å². The Labute approximate surface area is 144 Å². The minimum Gasteiger partial charge on any atom is -0.487 e. The molecule has 1 atom stereocenters. The lowest BCUT2D eigenvalue weighted by Gasteiger charge is -2.09. The van der Waals surface area contributed by atoms with Crippen LogP contribution in [0.2, 0.25) is 5.02 Å². The van der Waals surface area contributed by atoms with Crippen molar-refractivity contribution < 1.29 is 14.3 Å². The second kappa shape index (κ2) is 5.33. The fraction of sp³-hybridized carbons (Fsp3) is 0.222. The summed E-state index contributed by atoms with van der Waals surface area (Å²) in [6.45, 7) is 0.433. The van der Waals surface area contributed by atoms with E-state index in [-0.39, 0.29) is 17.9 Å². The van der Waals surface area contributed by atoms with E-state index in [4.69, 9.17) is 22.1 Å². The highest BCUT2D eigenvalue weighted by atomic mass is 35.5. The first-order valence-electron chi connectivity index (χ1n) is 7.65. The van der Waals surface area contributed by atoms with Gasteiger partial charge in [0.15, 0.2) is 0 Å². The van der Waals surface area contributed by atoms with Crippen molar-refractivity contribution in [2.75, 3.05) is 13.6 Å². The van der Waals surface area contributed by atoms with Crippen molar-refractivity contribution >= 4 is 23.4 Å². The van der Waals surface area contributed by atoms with E-state index in [0.29, 0.717) is 34.9 Å². The zero-order valence-corrected chi connectivity index (χ0v) is 13.8. The molecule has 2 amide bonds. The fourth-order valence-electron chi connectivity index (χ4n) is 3.23. The topological polar surface area (TPSA) is 72.6 Å². The molecule has 24 heavy (non-hydrogen) atoms. The molecular formula is C18H15ClN2O3. The van der Waals surface area contributed by atoms with E-state index in [0.717, 1.165) is 21.6 Å². The Morgan fingerprint density at radius 3 is 2.67 bits per heavy atom. The van der Waals surface area contributed by atoms with Gasteiger partial charge < -0.3 is 10.5 Å². The second-order valence-electron chi connectivity index (χ2n) is 6.06. The number of halogens is 1. The number of imide groups is 1. The number of nitrogens with two attached hydrogens (primary N) is 1. The zero-order valence-electron chi connectivity index (χ0n) is 13.0. The molecule has 0 aromatic heterocycles. The van der Waals surface area contributed by atoms with E-state index in [1.165, 1.54) is 7.05 Å². The van der Waals surface area contributed by atoms with Crippen LogP contribution in [0, 0.1) is 0 Å². The number of benzene rings is 2. The first kappa shape index (κ1) is 15.2. The highest BCUT2D eigenvalue weighted by Crippen LogP contribution is 2.40. The molecule has 2 aromatic rings. The lowest BCUT2D eigenvalue weighted by Crippen LogP contribution is -2.24. The van der Waals surface area contributed by atoms with Gasteiger partial charge in [-0.1, -0.05) is 17.7 Å². The Hall–Kier alpha value is -2.37. The van der Waals surface area contributed by atoms with Crippen LogP contribution in [-0.4, -0.2) is 36.4 Å². The van der Waals surface area contributed by atoms with E-state index < -0.39 is 0 Å². The van der Waals surface area contributed by atoms with Gasteiger partial charge in [-0.05, 0) is 35.4 Å². The first-order valence-corrected chi connectivity index (χ1v) is 8.03. The Bertz CT molecular complexity index is 894. The first-order chi connectivity index (χ1) is 11.5. The predicted molar refractivity (Wildman–Crippen MR) is 90.5 cm³/mol. The smallest absolute Gasteiger partial charge is 0.261 e. The van der Waals surface area contributed by atoms with Gasteiger partial charge in [0.2, 0.25) is 0 Å². The third-order valence-corrected chi connectivity index (χ3v) is 4.82. The van der Waals surface area contributed by atoms with E-state index in [9.17, 15) is 9.59 Å². The molecule has 2 aromatic carbocycles. The normalized spacial score (nSPS) is 18.6. The molecule has 0 saturated heterocycles. The molecule has 2 N–H and O–H groups in total. The van der Waals surface area contributed by atoms with Crippen LogP contribution in [0.1, 0.15) is 26.3 Å². The van der Waals surface area contributed by atoms with Crippen LogP contribution in [0.25, 0.3) is 11.1 Å². The SMILES string of the molecule is CN1C(=O)c2ccc(-c3cc(Cl)c4c(c3)CC(CN)O4)cc2C1=O. The van der Waals surface area contributed by atoms with Crippen LogP contribution in [-0.2, 0) is 6.42 Å². The number of amides is 2. The number of fused-ring (bicyclic) bond motifs is 2. The highest BCUT2D eigenvalue weighted by Gasteiger charge is 2.33. The number of hydrogen-bond acceptors (Lipinski definition) is 4. The zero-order chi connectivity index (χ0) is 17.0. The van der Waals surface area contributed by atoms with E-state index in [1.54, 1.807) is 12.1 Å². The molecule has 1 unspecified atom stereocenters. The summed E-state index contributed by atoms with van der Waals surface area (Å²) in [6.07, 6.45) is 0.658. The van der Waals surface area contributed by atoms with Gasteiger partial charge in [-0.25, -0.2) is 0 Å². The number of hydrogen-bond donors (Lipinski definition) is 1. The molecule has 0 radical (unpaired) electrons. The number of ether oxygens (including phenoxy) is 1. The van der Waals surface area contributed by atoms with Crippen molar-refractivity contribution in [3.63, 3.8) is 0 Å². The maximum Gasteiger partial charge on any atom is 0.261 e. The van der Waals surface area contributed by atoms with Crippen LogP contribution >= 0.6 is 11.6 Å². The largest absolute Gasteiger partial charge is 0.487 e. The average molecular weight is 343 g/mol. The Kier molecular flexibility index (Phi) is 3.37. The van der Waals surface area contributed by atoms with Gasteiger partial charge in [0.1, 0.15) is 11.9 Å². The molecule has 122 valence electrons. The summed E-state index contributed by atoms with van der Waals surface area (Å²) < 4.78 is 5.73. The molecule has 2 heterocycles. The van der Waals surface area contributed by atoms with Gasteiger partial charge in [0.25, 0.3) is 11.8 Å². The Morgan fingerprint density at radius 2 is 1.92 bits per heavy atom. The quantitative estimate of drug-likeness (QED) is 0.851. The van der Waals surface area contributed by atoms with Crippen molar-refractivity contribution in [3.05, 3.63) is 52.0 Å². The summed E-state index contributed by atoms with van der Waals surface area (Å²) in [5.74, 6) is 0.131. The summed E-state index contributed by atoms with van der Waals surface area (Å²) >= 11 is 6.34. The maximum absolute atomic E-state index is 12.2. The van der Waals surface area contributed by atoms with Crippen LogP contribution in [0.3, 0.4) is 0 Å². The van der Waals surface area contributed by atoms with Crippen molar-refractivity contribution in [2.45, 2.75) is 12.5 Å². The van der Waals surface area contributed by atoms with Crippen molar-refractivity contribution in [3.8, 4) is 16.9 Å². The van der Waals surface area contributed by atoms with Gasteiger partial charge in [0.05, 0.1) is 16.1 Å². The molecule has 2 aliphatic heterocycles. The van der Waals surface area contributed by atoms with Gasteiger partial charge >= 0.3 is 0 Å². The standard InChI is InChI=1S/C18H15ClN2O3/c1-21-17(22)13-3-2-9(6-14(13)18(21)23)10-4-11-5-12(8-20)24-16(11)15(19)7-10/h2-4,6-7,12H,5,8,20H2,1H3. The van der Waals surface area contributed by atoms with Gasteiger partial charge in [-0.3, -0.25) is 14.5 Å². The minimum absolute atomic E-state index is 0.0550. The Morgan fingerprint density at radius 1 is 1.17 bits per heavy atom. The van der Waals surface area contributed by atoms with Crippen LogP contribution < -0.4 is 10.5 Å². The van der Waals surface area contributed by atoms with Gasteiger partial charge in [-0.15, -0.1) is 0 Å². The second-order valence-corrected chi connectivity index (χ2v) is 6.46. The molecule has 5 nitrogen and oxygen atoms in total. The lowest BCUT2D eigenvalue weighted by atomic mass is 9.97. The maximum atomic E-state index is 12.2. The molecule has 0 spiro atoms. The molecule has 0 saturated carbocycles. The van der Waals surface area contributed by atoms with E-state index in [2.05, 4.69) is 0 Å². The molecule has 0 bridgehead atoms. The predicted octanol–water partition coefficient (Wildman–Crippen LogP) is 2.50. The summed E-state index contributed by atoms with van der Waals surface area (Å²) in [7, 11) is 1.49.